The Morgan fingerprint density at radius 2 is 2.00 bits per heavy atom. The highest BCUT2D eigenvalue weighted by Crippen LogP contribution is 2.58. The summed E-state index contributed by atoms with van der Waals surface area (Å²) in [6.45, 7) is 1.48. The third kappa shape index (κ3) is 4.61. The Morgan fingerprint density at radius 3 is 2.57 bits per heavy atom. The van der Waals surface area contributed by atoms with Gasteiger partial charge in [-0.3, -0.25) is 15.1 Å². The van der Waals surface area contributed by atoms with Gasteiger partial charge in [-0.05, 0) is 45.6 Å². The lowest BCUT2D eigenvalue weighted by atomic mass is 10.0. The van der Waals surface area contributed by atoms with Gasteiger partial charge in [0, 0.05) is 23.9 Å². The van der Waals surface area contributed by atoms with Crippen LogP contribution in [0.15, 0.2) is 24.5 Å². The molecule has 2 saturated carbocycles. The Morgan fingerprint density at radius 1 is 1.26 bits per heavy atom. The third-order valence-electron chi connectivity index (χ3n) is 6.27. The zero-order valence-corrected chi connectivity index (χ0v) is 19.3. The van der Waals surface area contributed by atoms with Crippen molar-refractivity contribution in [2.45, 2.75) is 69.9 Å². The highest BCUT2D eigenvalue weighted by molar-refractivity contribution is 6.13. The van der Waals surface area contributed by atoms with E-state index in [1.54, 1.807) is 38.4 Å². The fourth-order valence-electron chi connectivity index (χ4n) is 4.09. The highest BCUT2D eigenvalue weighted by Gasteiger charge is 2.60. The van der Waals surface area contributed by atoms with Crippen molar-refractivity contribution in [2.75, 3.05) is 11.4 Å². The number of halogens is 3. The number of pyridine rings is 1. The first-order valence-corrected chi connectivity index (χ1v) is 11.5. The zero-order chi connectivity index (χ0) is 25.0. The average molecular weight is 490 g/mol. The summed E-state index contributed by atoms with van der Waals surface area (Å²) in [5.74, 6) is 0.942. The minimum Gasteiger partial charge on any atom is -0.474 e. The smallest absolute Gasteiger partial charge is 0.406 e. The van der Waals surface area contributed by atoms with E-state index in [0.717, 1.165) is 17.7 Å². The summed E-state index contributed by atoms with van der Waals surface area (Å²) in [7, 11) is 0. The molecule has 12 heteroatoms. The number of fused-ring (bicyclic) bond motifs is 2. The maximum atomic E-state index is 13.3. The number of hydrogen-bond donors (Lipinski definition) is 1. The van der Waals surface area contributed by atoms with Gasteiger partial charge >= 0.3 is 6.18 Å². The summed E-state index contributed by atoms with van der Waals surface area (Å²) in [6, 6.07) is 2.25. The molecule has 1 N–H and O–H groups in total. The normalized spacial score (nSPS) is 18.1. The van der Waals surface area contributed by atoms with Gasteiger partial charge in [-0.25, -0.2) is 15.0 Å². The average Bonchev–Trinajstić information content (AvgIpc) is 3.72. The lowest BCUT2D eigenvalue weighted by Gasteiger charge is -2.28. The van der Waals surface area contributed by atoms with E-state index in [9.17, 15) is 18.0 Å². The summed E-state index contributed by atoms with van der Waals surface area (Å²) in [5, 5.41) is 7.97. The molecule has 0 radical (unpaired) electrons. The minimum atomic E-state index is -4.48. The molecule has 186 valence electrons. The molecule has 3 heterocycles. The number of anilines is 2. The number of alkyl halides is 3. The molecule has 0 atom stereocenters. The lowest BCUT2D eigenvalue weighted by Crippen LogP contribution is -2.43. The van der Waals surface area contributed by atoms with Crippen LogP contribution in [0.2, 0.25) is 0 Å². The molecule has 2 fully saturated rings. The van der Waals surface area contributed by atoms with E-state index < -0.39 is 30.2 Å². The van der Waals surface area contributed by atoms with Crippen LogP contribution in [0.25, 0.3) is 0 Å². The number of carbonyl (C=O) groups is 1. The monoisotopic (exact) mass is 490 g/mol. The number of nitrogens with one attached hydrogen (secondary N) is 1. The number of ether oxygens (including phenoxy) is 2. The number of hydrogen-bond acceptors (Lipinski definition) is 7. The fourth-order valence-corrected chi connectivity index (χ4v) is 4.09. The molecule has 1 spiro atoms. The van der Waals surface area contributed by atoms with Gasteiger partial charge in [0.15, 0.2) is 12.4 Å². The number of amides is 1. The number of aromatic nitrogens is 3. The van der Waals surface area contributed by atoms with E-state index in [-0.39, 0.29) is 24.4 Å². The molecule has 2 aliphatic carbocycles. The molecule has 0 saturated heterocycles. The number of nitrogens with zero attached hydrogens (tertiary/aromatic N) is 5. The Labute approximate surface area is 199 Å². The molecule has 0 aromatic carbocycles. The van der Waals surface area contributed by atoms with Crippen molar-refractivity contribution in [3.8, 4) is 5.88 Å². The molecule has 0 bridgehead atoms. The van der Waals surface area contributed by atoms with Crippen molar-refractivity contribution in [3.63, 3.8) is 0 Å². The molecule has 5 rings (SSSR count). The van der Waals surface area contributed by atoms with Gasteiger partial charge in [-0.2, -0.15) is 13.2 Å². The SMILES string of the molecule is CC(C)N(CC(F)(F)F)C(=N)OCc1ncc2c(n1)N(c1ccc(OC3CC3)nc1)C(=O)C21CC1. The number of carbonyl (C=O) groups excluding carboxylic acids is 1. The Balaban J connectivity index is 1.35. The fraction of sp³-hybridized carbons (Fsp3) is 0.522. The van der Waals surface area contributed by atoms with E-state index in [2.05, 4.69) is 15.0 Å². The quantitative estimate of drug-likeness (QED) is 0.464. The second kappa shape index (κ2) is 8.35. The lowest BCUT2D eigenvalue weighted by molar-refractivity contribution is -0.142. The molecule has 2 aromatic heterocycles. The third-order valence-corrected chi connectivity index (χ3v) is 6.27. The molecule has 0 unspecified atom stereocenters. The van der Waals surface area contributed by atoms with Gasteiger partial charge in [0.25, 0.3) is 6.02 Å². The van der Waals surface area contributed by atoms with E-state index in [0.29, 0.717) is 35.8 Å². The second-order valence-electron chi connectivity index (χ2n) is 9.35. The maximum absolute atomic E-state index is 13.3. The van der Waals surface area contributed by atoms with Gasteiger partial charge < -0.3 is 14.4 Å². The topological polar surface area (TPSA) is 105 Å². The molecule has 9 nitrogen and oxygen atoms in total. The summed E-state index contributed by atoms with van der Waals surface area (Å²) in [6.07, 6.45) is 2.26. The van der Waals surface area contributed by atoms with E-state index >= 15 is 0 Å². The highest BCUT2D eigenvalue weighted by atomic mass is 19.4. The summed E-state index contributed by atoms with van der Waals surface area (Å²) < 4.78 is 49.6. The zero-order valence-electron chi connectivity index (χ0n) is 19.3. The first-order chi connectivity index (χ1) is 16.6. The largest absolute Gasteiger partial charge is 0.474 e. The van der Waals surface area contributed by atoms with Crippen molar-refractivity contribution in [1.82, 2.24) is 19.9 Å². The molecule has 1 amide bonds. The standard InChI is InChI=1S/C23H25F3N6O3/c1-13(2)31(12-23(24,25)26)21(27)34-11-17-28-10-16-19(30-17)32(20(33)22(16)7-8-22)14-3-6-18(29-9-14)35-15-4-5-15/h3,6,9-10,13,15,27H,4-5,7-8,11-12H2,1-2H3. The summed E-state index contributed by atoms with van der Waals surface area (Å²) >= 11 is 0. The van der Waals surface area contributed by atoms with Crippen LogP contribution in [-0.4, -0.2) is 56.6 Å². The second-order valence-corrected chi connectivity index (χ2v) is 9.35. The van der Waals surface area contributed by atoms with Crippen LogP contribution in [0.1, 0.15) is 50.9 Å². The van der Waals surface area contributed by atoms with Crippen molar-refractivity contribution < 1.29 is 27.4 Å². The van der Waals surface area contributed by atoms with Gasteiger partial charge in [0.2, 0.25) is 11.8 Å². The van der Waals surface area contributed by atoms with Crippen LogP contribution in [0.4, 0.5) is 24.7 Å². The van der Waals surface area contributed by atoms with Gasteiger partial charge in [0.05, 0.1) is 17.3 Å². The molecule has 35 heavy (non-hydrogen) atoms. The molecule has 2 aromatic rings. The Bertz CT molecular complexity index is 1150. The number of rotatable bonds is 7. The Hall–Kier alpha value is -3.44. The van der Waals surface area contributed by atoms with Crippen LogP contribution in [0, 0.1) is 5.41 Å². The first-order valence-electron chi connectivity index (χ1n) is 11.5. The van der Waals surface area contributed by atoms with Crippen LogP contribution in [0.3, 0.4) is 0 Å². The van der Waals surface area contributed by atoms with E-state index in [1.807, 2.05) is 0 Å². The van der Waals surface area contributed by atoms with Crippen LogP contribution in [0.5, 0.6) is 5.88 Å². The van der Waals surface area contributed by atoms with Crippen molar-refractivity contribution in [2.24, 2.45) is 0 Å². The van der Waals surface area contributed by atoms with Crippen molar-refractivity contribution in [3.05, 3.63) is 35.9 Å². The van der Waals surface area contributed by atoms with Crippen molar-refractivity contribution >= 4 is 23.4 Å². The predicted molar refractivity (Wildman–Crippen MR) is 118 cm³/mol. The minimum absolute atomic E-state index is 0.110. The summed E-state index contributed by atoms with van der Waals surface area (Å²) in [4.78, 5) is 28.7. The van der Waals surface area contributed by atoms with Gasteiger partial charge in [0.1, 0.15) is 18.5 Å². The van der Waals surface area contributed by atoms with Gasteiger partial charge in [-0.1, -0.05) is 0 Å². The van der Waals surface area contributed by atoms with E-state index in [4.69, 9.17) is 14.9 Å². The number of amidine groups is 1. The maximum Gasteiger partial charge on any atom is 0.406 e. The van der Waals surface area contributed by atoms with Crippen LogP contribution in [-0.2, 0) is 21.6 Å². The van der Waals surface area contributed by atoms with Crippen LogP contribution < -0.4 is 9.64 Å². The Kier molecular flexibility index (Phi) is 5.56. The molecular formula is C23H25F3N6O3. The van der Waals surface area contributed by atoms with Crippen LogP contribution >= 0.6 is 0 Å². The molecule has 1 aliphatic heterocycles. The first kappa shape index (κ1) is 23.3. The molecule has 3 aliphatic rings. The predicted octanol–water partition coefficient (Wildman–Crippen LogP) is 3.85. The van der Waals surface area contributed by atoms with E-state index in [1.165, 1.54) is 4.90 Å². The van der Waals surface area contributed by atoms with Gasteiger partial charge in [-0.15, -0.1) is 0 Å². The molecular weight excluding hydrogens is 465 g/mol. The van der Waals surface area contributed by atoms with Crippen molar-refractivity contribution in [1.29, 1.82) is 5.41 Å². The summed E-state index contributed by atoms with van der Waals surface area (Å²) in [5.41, 5.74) is 0.601.